The minimum Gasteiger partial charge on any atom is -0.335 e. The molecule has 2 aliphatic heterocycles. The predicted molar refractivity (Wildman–Crippen MR) is 106 cm³/mol. The number of carbonyl (C=O) groups excluding carboxylic acids is 2. The van der Waals surface area contributed by atoms with Gasteiger partial charge in [0.2, 0.25) is 11.8 Å². The molecule has 2 fully saturated rings. The predicted octanol–water partition coefficient (Wildman–Crippen LogP) is 2.77. The molecule has 0 unspecified atom stereocenters. The van der Waals surface area contributed by atoms with Gasteiger partial charge in [-0.3, -0.25) is 14.3 Å². The fourth-order valence-corrected chi connectivity index (χ4v) is 4.33. The lowest BCUT2D eigenvalue weighted by Crippen LogP contribution is -2.42. The highest BCUT2D eigenvalue weighted by Crippen LogP contribution is 2.40. The van der Waals surface area contributed by atoms with E-state index in [-0.39, 0.29) is 17.7 Å². The second kappa shape index (κ2) is 6.47. The summed E-state index contributed by atoms with van der Waals surface area (Å²) in [6.07, 6.45) is 2.77. The van der Waals surface area contributed by atoms with E-state index < -0.39 is 0 Å². The molecule has 1 aromatic heterocycles. The molecule has 6 heteroatoms. The zero-order valence-electron chi connectivity index (χ0n) is 16.5. The van der Waals surface area contributed by atoms with Crippen LogP contribution in [-0.2, 0) is 22.7 Å². The van der Waals surface area contributed by atoms with Crippen LogP contribution in [0.4, 0.5) is 5.69 Å². The molecular weight excluding hydrogens is 352 g/mol. The SMILES string of the molecule is Cc1ccc(N2C[C@@H](C(=O)N3CCn4nc(C5CC5)cc4C3)CC2=O)cc1C. The summed E-state index contributed by atoms with van der Waals surface area (Å²) < 4.78 is 2.05. The number of aryl methyl sites for hydroxylation is 2. The molecule has 146 valence electrons. The van der Waals surface area contributed by atoms with Gasteiger partial charge in [0.1, 0.15) is 0 Å². The van der Waals surface area contributed by atoms with E-state index in [1.807, 2.05) is 23.1 Å². The average molecular weight is 378 g/mol. The van der Waals surface area contributed by atoms with Crippen LogP contribution in [0.2, 0.25) is 0 Å². The number of hydrogen-bond donors (Lipinski definition) is 0. The van der Waals surface area contributed by atoms with Crippen molar-refractivity contribution in [2.24, 2.45) is 5.92 Å². The van der Waals surface area contributed by atoms with Gasteiger partial charge in [0.15, 0.2) is 0 Å². The number of carbonyl (C=O) groups is 2. The Balaban J connectivity index is 1.29. The normalized spacial score (nSPS) is 21.9. The van der Waals surface area contributed by atoms with E-state index in [1.54, 1.807) is 4.90 Å². The van der Waals surface area contributed by atoms with Gasteiger partial charge in [-0.2, -0.15) is 5.10 Å². The first-order chi connectivity index (χ1) is 13.5. The van der Waals surface area contributed by atoms with Crippen molar-refractivity contribution in [1.82, 2.24) is 14.7 Å². The summed E-state index contributed by atoms with van der Waals surface area (Å²) in [6, 6.07) is 8.22. The van der Waals surface area contributed by atoms with Gasteiger partial charge < -0.3 is 9.80 Å². The number of anilines is 1. The molecule has 2 amide bonds. The van der Waals surface area contributed by atoms with Crippen molar-refractivity contribution in [3.8, 4) is 0 Å². The van der Waals surface area contributed by atoms with Gasteiger partial charge in [-0.1, -0.05) is 6.07 Å². The van der Waals surface area contributed by atoms with Crippen LogP contribution < -0.4 is 4.90 Å². The van der Waals surface area contributed by atoms with Crippen LogP contribution >= 0.6 is 0 Å². The van der Waals surface area contributed by atoms with Crippen molar-refractivity contribution in [3.63, 3.8) is 0 Å². The van der Waals surface area contributed by atoms with Crippen molar-refractivity contribution in [3.05, 3.63) is 46.8 Å². The van der Waals surface area contributed by atoms with E-state index in [0.717, 1.165) is 23.5 Å². The Bertz CT molecular complexity index is 959. The van der Waals surface area contributed by atoms with Crippen molar-refractivity contribution in [2.75, 3.05) is 18.0 Å². The molecule has 0 radical (unpaired) electrons. The second-order valence-electron chi connectivity index (χ2n) is 8.49. The van der Waals surface area contributed by atoms with Crippen LogP contribution in [0.3, 0.4) is 0 Å². The monoisotopic (exact) mass is 378 g/mol. The lowest BCUT2D eigenvalue weighted by atomic mass is 10.1. The highest BCUT2D eigenvalue weighted by atomic mass is 16.2. The molecule has 0 N–H and O–H groups in total. The van der Waals surface area contributed by atoms with Gasteiger partial charge in [-0.25, -0.2) is 0 Å². The molecule has 0 bridgehead atoms. The maximum atomic E-state index is 13.1. The minimum absolute atomic E-state index is 0.0414. The largest absolute Gasteiger partial charge is 0.335 e. The van der Waals surface area contributed by atoms with Crippen molar-refractivity contribution >= 4 is 17.5 Å². The first-order valence-corrected chi connectivity index (χ1v) is 10.2. The smallest absolute Gasteiger partial charge is 0.228 e. The Kier molecular flexibility index (Phi) is 4.03. The maximum Gasteiger partial charge on any atom is 0.228 e. The summed E-state index contributed by atoms with van der Waals surface area (Å²) in [5, 5.41) is 4.70. The fraction of sp³-hybridized carbons (Fsp3) is 0.500. The Morgan fingerprint density at radius 1 is 1.11 bits per heavy atom. The van der Waals surface area contributed by atoms with Crippen molar-refractivity contribution in [2.45, 2.75) is 52.1 Å². The number of benzene rings is 1. The Morgan fingerprint density at radius 2 is 1.93 bits per heavy atom. The molecule has 3 aliphatic rings. The number of amides is 2. The fourth-order valence-electron chi connectivity index (χ4n) is 4.33. The third-order valence-corrected chi connectivity index (χ3v) is 6.40. The topological polar surface area (TPSA) is 58.4 Å². The first kappa shape index (κ1) is 17.5. The number of rotatable bonds is 3. The molecule has 2 aromatic rings. The highest BCUT2D eigenvalue weighted by Gasteiger charge is 2.38. The third kappa shape index (κ3) is 3.01. The lowest BCUT2D eigenvalue weighted by Gasteiger charge is -2.29. The molecule has 1 atom stereocenters. The molecular formula is C22H26N4O2. The molecule has 3 heterocycles. The summed E-state index contributed by atoms with van der Waals surface area (Å²) >= 11 is 0. The van der Waals surface area contributed by atoms with Gasteiger partial charge >= 0.3 is 0 Å². The molecule has 6 nitrogen and oxygen atoms in total. The first-order valence-electron chi connectivity index (χ1n) is 10.2. The third-order valence-electron chi connectivity index (χ3n) is 6.40. The average Bonchev–Trinajstić information content (AvgIpc) is 3.33. The Hall–Kier alpha value is -2.63. The molecule has 1 saturated carbocycles. The number of fused-ring (bicyclic) bond motifs is 1. The molecule has 28 heavy (non-hydrogen) atoms. The van der Waals surface area contributed by atoms with Crippen LogP contribution in [0, 0.1) is 19.8 Å². The van der Waals surface area contributed by atoms with Gasteiger partial charge in [0.25, 0.3) is 0 Å². The number of nitrogens with zero attached hydrogens (tertiary/aromatic N) is 4. The van der Waals surface area contributed by atoms with Crippen molar-refractivity contribution < 1.29 is 9.59 Å². The Labute approximate surface area is 165 Å². The lowest BCUT2D eigenvalue weighted by molar-refractivity contribution is -0.137. The van der Waals surface area contributed by atoms with E-state index >= 15 is 0 Å². The van der Waals surface area contributed by atoms with Crippen LogP contribution in [0.15, 0.2) is 24.3 Å². The minimum atomic E-state index is -0.258. The summed E-state index contributed by atoms with van der Waals surface area (Å²) in [6.45, 7) is 6.61. The van der Waals surface area contributed by atoms with Crippen LogP contribution in [-0.4, -0.2) is 39.6 Å². The molecule has 5 rings (SSSR count). The van der Waals surface area contributed by atoms with Crippen LogP contribution in [0.25, 0.3) is 0 Å². The van der Waals surface area contributed by atoms with E-state index in [2.05, 4.69) is 24.6 Å². The Morgan fingerprint density at radius 3 is 2.68 bits per heavy atom. The quantitative estimate of drug-likeness (QED) is 0.825. The zero-order valence-corrected chi connectivity index (χ0v) is 16.5. The standard InChI is InChI=1S/C22H26N4O2/c1-14-3-6-18(9-15(14)2)25-12-17(10-21(25)27)22(28)24-7-8-26-19(13-24)11-20(23-26)16-4-5-16/h3,6,9,11,16-17H,4-5,7-8,10,12-13H2,1-2H3/t17-/m0/s1. The number of aromatic nitrogens is 2. The van der Waals surface area contributed by atoms with Gasteiger partial charge in [-0.05, 0) is 56.0 Å². The van der Waals surface area contributed by atoms with Gasteiger partial charge in [0, 0.05) is 31.1 Å². The zero-order chi connectivity index (χ0) is 19.4. The van der Waals surface area contributed by atoms with E-state index in [9.17, 15) is 9.59 Å². The van der Waals surface area contributed by atoms with Crippen LogP contribution in [0.5, 0.6) is 0 Å². The van der Waals surface area contributed by atoms with Crippen molar-refractivity contribution in [1.29, 1.82) is 0 Å². The summed E-state index contributed by atoms with van der Waals surface area (Å²) in [7, 11) is 0. The van der Waals surface area contributed by atoms with E-state index in [4.69, 9.17) is 5.10 Å². The summed E-state index contributed by atoms with van der Waals surface area (Å²) in [5.41, 5.74) is 5.57. The molecule has 1 aromatic carbocycles. The molecule has 1 saturated heterocycles. The summed E-state index contributed by atoms with van der Waals surface area (Å²) in [4.78, 5) is 29.4. The summed E-state index contributed by atoms with van der Waals surface area (Å²) in [5.74, 6) is 0.507. The van der Waals surface area contributed by atoms with Crippen LogP contribution in [0.1, 0.15) is 47.7 Å². The molecule has 1 aliphatic carbocycles. The van der Waals surface area contributed by atoms with Gasteiger partial charge in [-0.15, -0.1) is 0 Å². The maximum absolute atomic E-state index is 13.1. The number of hydrogen-bond acceptors (Lipinski definition) is 3. The van der Waals surface area contributed by atoms with E-state index in [1.165, 1.54) is 24.1 Å². The second-order valence-corrected chi connectivity index (χ2v) is 8.49. The van der Waals surface area contributed by atoms with E-state index in [0.29, 0.717) is 32.0 Å². The van der Waals surface area contributed by atoms with Gasteiger partial charge in [0.05, 0.1) is 30.4 Å². The highest BCUT2D eigenvalue weighted by molar-refractivity contribution is 6.00. The molecule has 0 spiro atoms.